The van der Waals surface area contributed by atoms with E-state index >= 15 is 0 Å². The molecule has 2 atom stereocenters. The third-order valence-corrected chi connectivity index (χ3v) is 3.75. The summed E-state index contributed by atoms with van der Waals surface area (Å²) in [5.74, 6) is -0.189. The molecule has 2 heterocycles. The van der Waals surface area contributed by atoms with Crippen LogP contribution in [0, 0.1) is 0 Å². The molecular weight excluding hydrogens is 296 g/mol. The maximum absolute atomic E-state index is 12.1. The minimum absolute atomic E-state index is 0.0637. The van der Waals surface area contributed by atoms with Crippen LogP contribution in [0.4, 0.5) is 0 Å². The Kier molecular flexibility index (Phi) is 4.33. The third-order valence-electron chi connectivity index (χ3n) is 3.75. The molecule has 2 N–H and O–H groups in total. The van der Waals surface area contributed by atoms with Crippen LogP contribution in [0.1, 0.15) is 18.9 Å². The quantitative estimate of drug-likeness (QED) is 0.598. The number of benzene rings is 1. The Bertz CT molecular complexity index is 645. The van der Waals surface area contributed by atoms with Gasteiger partial charge in [-0.2, -0.15) is 10.2 Å². The number of nitrogens with zero attached hydrogens (tertiary/aromatic N) is 4. The highest BCUT2D eigenvalue weighted by Crippen LogP contribution is 2.20. The highest BCUT2D eigenvalue weighted by molar-refractivity contribution is 5.88. The number of ketones is 1. The second-order valence-electron chi connectivity index (χ2n) is 5.48. The van der Waals surface area contributed by atoms with Gasteiger partial charge in [-0.05, 0) is 12.5 Å². The van der Waals surface area contributed by atoms with E-state index in [1.54, 1.807) is 11.2 Å². The smallest absolute Gasteiger partial charge is 0.256 e. The first-order valence-electron chi connectivity index (χ1n) is 7.38. The van der Waals surface area contributed by atoms with E-state index in [0.717, 1.165) is 5.56 Å². The first-order valence-corrected chi connectivity index (χ1v) is 7.38. The van der Waals surface area contributed by atoms with E-state index < -0.39 is 6.17 Å². The van der Waals surface area contributed by atoms with Crippen molar-refractivity contribution >= 4 is 24.2 Å². The number of hydrogen-bond donors (Lipinski definition) is 2. The van der Waals surface area contributed by atoms with Crippen molar-refractivity contribution < 1.29 is 9.59 Å². The Hall–Kier alpha value is -2.74. The van der Waals surface area contributed by atoms with E-state index in [-0.39, 0.29) is 24.3 Å². The van der Waals surface area contributed by atoms with Gasteiger partial charge in [0.25, 0.3) is 5.91 Å². The van der Waals surface area contributed by atoms with Crippen LogP contribution in [-0.4, -0.2) is 53.0 Å². The van der Waals surface area contributed by atoms with Crippen LogP contribution in [0.15, 0.2) is 40.5 Å². The third kappa shape index (κ3) is 3.37. The van der Waals surface area contributed by atoms with Crippen molar-refractivity contribution in [3.05, 3.63) is 35.9 Å². The Balaban J connectivity index is 1.57. The molecule has 1 aromatic carbocycles. The van der Waals surface area contributed by atoms with Gasteiger partial charge >= 0.3 is 0 Å². The van der Waals surface area contributed by atoms with Crippen LogP contribution in [0.3, 0.4) is 0 Å². The molecule has 2 aliphatic heterocycles. The summed E-state index contributed by atoms with van der Waals surface area (Å²) in [7, 11) is 0. The van der Waals surface area contributed by atoms with E-state index in [2.05, 4.69) is 21.1 Å². The predicted molar refractivity (Wildman–Crippen MR) is 85.2 cm³/mol. The zero-order chi connectivity index (χ0) is 16.2. The maximum Gasteiger partial charge on any atom is 0.256 e. The van der Waals surface area contributed by atoms with Gasteiger partial charge in [0.2, 0.25) is 0 Å². The topological polar surface area (TPSA) is 89.4 Å². The second-order valence-corrected chi connectivity index (χ2v) is 5.48. The zero-order valence-electron chi connectivity index (χ0n) is 12.7. The molecule has 2 unspecified atom stereocenters. The molecule has 2 aliphatic rings. The number of carbonyl (C=O) groups excluding carboxylic acids is 2. The van der Waals surface area contributed by atoms with Crippen molar-refractivity contribution in [1.29, 1.82) is 0 Å². The van der Waals surface area contributed by atoms with Crippen LogP contribution in [-0.2, 0) is 9.59 Å². The summed E-state index contributed by atoms with van der Waals surface area (Å²) in [5, 5.41) is 11.3. The monoisotopic (exact) mass is 314 g/mol. The van der Waals surface area contributed by atoms with Gasteiger partial charge in [-0.15, -0.1) is 0 Å². The summed E-state index contributed by atoms with van der Waals surface area (Å²) in [6, 6.07) is 9.42. The minimum Gasteiger partial charge on any atom is -0.295 e. The highest BCUT2D eigenvalue weighted by atomic mass is 16.2. The summed E-state index contributed by atoms with van der Waals surface area (Å²) >= 11 is 0. The molecule has 0 radical (unpaired) electrons. The second kappa shape index (κ2) is 6.57. The minimum atomic E-state index is -0.508. The van der Waals surface area contributed by atoms with Crippen molar-refractivity contribution in [2.24, 2.45) is 10.2 Å². The lowest BCUT2D eigenvalue weighted by Crippen LogP contribution is -2.62. The molecule has 120 valence electrons. The van der Waals surface area contributed by atoms with Crippen molar-refractivity contribution in [3.63, 3.8) is 0 Å². The summed E-state index contributed by atoms with van der Waals surface area (Å²) in [6.45, 7) is 2.01. The van der Waals surface area contributed by atoms with Crippen molar-refractivity contribution in [1.82, 2.24) is 20.9 Å². The van der Waals surface area contributed by atoms with Crippen LogP contribution < -0.4 is 10.9 Å². The molecule has 1 amide bonds. The number of rotatable bonds is 4. The molecule has 8 nitrogen and oxygen atoms in total. The van der Waals surface area contributed by atoms with E-state index in [1.807, 2.05) is 42.3 Å². The molecule has 3 rings (SSSR count). The fourth-order valence-corrected chi connectivity index (χ4v) is 2.60. The lowest BCUT2D eigenvalue weighted by Gasteiger charge is -2.42. The number of fused-ring (bicyclic) bond motifs is 1. The van der Waals surface area contributed by atoms with E-state index in [4.69, 9.17) is 0 Å². The average Bonchev–Trinajstić information content (AvgIpc) is 3.02. The van der Waals surface area contributed by atoms with Crippen molar-refractivity contribution in [3.8, 4) is 0 Å². The van der Waals surface area contributed by atoms with Crippen LogP contribution in [0.25, 0.3) is 0 Å². The average molecular weight is 314 g/mol. The first kappa shape index (κ1) is 15.2. The number of nitrogens with one attached hydrogen (secondary N) is 2. The molecular formula is C15H18N6O2. The summed E-state index contributed by atoms with van der Waals surface area (Å²) in [6.07, 6.45) is 2.98. The van der Waals surface area contributed by atoms with Crippen LogP contribution >= 0.6 is 0 Å². The highest BCUT2D eigenvalue weighted by Gasteiger charge is 2.40. The molecule has 0 bridgehead atoms. The SMILES string of the molecule is CC1CC(=O)C2NN=CN2N1CC(=O)N/N=C/c1ccccc1. The van der Waals surface area contributed by atoms with Gasteiger partial charge in [-0.25, -0.2) is 10.4 Å². The predicted octanol–water partition coefficient (Wildman–Crippen LogP) is -0.110. The molecule has 1 saturated heterocycles. The molecule has 1 fully saturated rings. The summed E-state index contributed by atoms with van der Waals surface area (Å²) in [4.78, 5) is 24.0. The van der Waals surface area contributed by atoms with E-state index in [1.165, 1.54) is 6.34 Å². The summed E-state index contributed by atoms with van der Waals surface area (Å²) < 4.78 is 0. The molecule has 0 aromatic heterocycles. The number of carbonyl (C=O) groups is 2. The fraction of sp³-hybridized carbons (Fsp3) is 0.333. The van der Waals surface area contributed by atoms with Crippen molar-refractivity contribution in [2.45, 2.75) is 25.6 Å². The van der Waals surface area contributed by atoms with E-state index in [0.29, 0.717) is 6.42 Å². The Morgan fingerprint density at radius 2 is 2.26 bits per heavy atom. The Labute approximate surface area is 133 Å². The van der Waals surface area contributed by atoms with Crippen LogP contribution in [0.2, 0.25) is 0 Å². The van der Waals surface area contributed by atoms with E-state index in [9.17, 15) is 9.59 Å². The number of Topliss-reactive ketones (excluding diaryl/α,β-unsaturated/α-hetero) is 1. The maximum atomic E-state index is 12.1. The number of hydrazine groups is 1. The molecule has 0 saturated carbocycles. The normalized spacial score (nSPS) is 23.9. The Morgan fingerprint density at radius 1 is 1.48 bits per heavy atom. The van der Waals surface area contributed by atoms with Crippen LogP contribution in [0.5, 0.6) is 0 Å². The molecule has 8 heteroatoms. The lowest BCUT2D eigenvalue weighted by atomic mass is 10.1. The standard InChI is InChI=1S/C15H18N6O2/c1-11-7-13(22)15-19-17-10-21(15)20(11)9-14(23)18-16-8-12-5-3-2-4-6-12/h2-6,8,10-11,15,19H,7,9H2,1H3,(H,18,23)/b16-8+. The zero-order valence-corrected chi connectivity index (χ0v) is 12.7. The van der Waals surface area contributed by atoms with Gasteiger partial charge in [-0.3, -0.25) is 20.0 Å². The van der Waals surface area contributed by atoms with Crippen molar-refractivity contribution in [2.75, 3.05) is 6.54 Å². The molecule has 0 aliphatic carbocycles. The molecule has 23 heavy (non-hydrogen) atoms. The molecule has 0 spiro atoms. The van der Waals surface area contributed by atoms with Gasteiger partial charge in [0.15, 0.2) is 11.9 Å². The van der Waals surface area contributed by atoms with Gasteiger partial charge in [0.1, 0.15) is 6.34 Å². The molecule has 1 aromatic rings. The largest absolute Gasteiger partial charge is 0.295 e. The Morgan fingerprint density at radius 3 is 3.04 bits per heavy atom. The lowest BCUT2D eigenvalue weighted by molar-refractivity contribution is -0.146. The fourth-order valence-electron chi connectivity index (χ4n) is 2.60. The van der Waals surface area contributed by atoms with Gasteiger partial charge in [-0.1, -0.05) is 30.3 Å². The first-order chi connectivity index (χ1) is 11.1. The van der Waals surface area contributed by atoms with Gasteiger partial charge < -0.3 is 0 Å². The number of amides is 1. The number of hydrogen-bond acceptors (Lipinski definition) is 7. The summed E-state index contributed by atoms with van der Waals surface area (Å²) in [5.41, 5.74) is 6.15. The van der Waals surface area contributed by atoms with Gasteiger partial charge in [0, 0.05) is 12.5 Å². The van der Waals surface area contributed by atoms with Gasteiger partial charge in [0.05, 0.1) is 12.8 Å². The number of hydrazone groups is 2.